The summed E-state index contributed by atoms with van der Waals surface area (Å²) < 4.78 is 18.5. The van der Waals surface area contributed by atoms with Crippen molar-refractivity contribution in [2.75, 3.05) is 32.6 Å². The Bertz CT molecular complexity index is 397. The van der Waals surface area contributed by atoms with Gasteiger partial charge in [-0.1, -0.05) is 0 Å². The van der Waals surface area contributed by atoms with Crippen molar-refractivity contribution in [3.05, 3.63) is 24.0 Å². The highest BCUT2D eigenvalue weighted by Gasteiger charge is 2.15. The third-order valence-corrected chi connectivity index (χ3v) is 3.43. The van der Waals surface area contributed by atoms with E-state index in [1.807, 2.05) is 6.07 Å². The fourth-order valence-electron chi connectivity index (χ4n) is 2.38. The number of halogens is 1. The molecule has 1 saturated heterocycles. The molecule has 1 aliphatic heterocycles. The van der Waals surface area contributed by atoms with Crippen LogP contribution in [-0.4, -0.2) is 38.2 Å². The molecule has 1 heterocycles. The molecule has 1 atom stereocenters. The second kappa shape index (κ2) is 6.05. The van der Waals surface area contributed by atoms with Crippen molar-refractivity contribution in [1.82, 2.24) is 4.90 Å². The topological polar surface area (TPSA) is 24.5 Å². The summed E-state index contributed by atoms with van der Waals surface area (Å²) in [5.41, 5.74) is 0.807. The molecule has 0 spiro atoms. The summed E-state index contributed by atoms with van der Waals surface area (Å²) in [6.07, 6.45) is 3.40. The fourth-order valence-corrected chi connectivity index (χ4v) is 2.38. The van der Waals surface area contributed by atoms with Crippen molar-refractivity contribution >= 4 is 5.69 Å². The largest absolute Gasteiger partial charge is 0.497 e. The zero-order chi connectivity index (χ0) is 13.0. The highest BCUT2D eigenvalue weighted by Crippen LogP contribution is 2.22. The van der Waals surface area contributed by atoms with E-state index >= 15 is 0 Å². The monoisotopic (exact) mass is 252 g/mol. The molecule has 3 nitrogen and oxygen atoms in total. The Morgan fingerprint density at radius 1 is 1.28 bits per heavy atom. The number of rotatable bonds is 3. The molecule has 0 radical (unpaired) electrons. The maximum absolute atomic E-state index is 13.4. The first-order valence-electron chi connectivity index (χ1n) is 6.47. The Labute approximate surface area is 108 Å². The maximum Gasteiger partial charge on any atom is 0.128 e. The number of methoxy groups -OCH3 is 1. The summed E-state index contributed by atoms with van der Waals surface area (Å²) in [6, 6.07) is 5.18. The molecule has 0 amide bonds. The van der Waals surface area contributed by atoms with Gasteiger partial charge in [-0.05, 0) is 45.5 Å². The molecule has 1 fully saturated rings. The van der Waals surface area contributed by atoms with Crippen LogP contribution < -0.4 is 10.1 Å². The second-order valence-corrected chi connectivity index (χ2v) is 4.96. The number of anilines is 1. The summed E-state index contributed by atoms with van der Waals surface area (Å²) >= 11 is 0. The average molecular weight is 252 g/mol. The van der Waals surface area contributed by atoms with Crippen molar-refractivity contribution in [3.63, 3.8) is 0 Å². The van der Waals surface area contributed by atoms with Gasteiger partial charge in [-0.15, -0.1) is 0 Å². The Morgan fingerprint density at radius 3 is 2.89 bits per heavy atom. The van der Waals surface area contributed by atoms with Crippen LogP contribution in [0.4, 0.5) is 10.1 Å². The molecule has 18 heavy (non-hydrogen) atoms. The SMILES string of the molecule is COc1cc(F)cc(NC2CCCN(C)CC2)c1. The van der Waals surface area contributed by atoms with Crippen molar-refractivity contribution < 1.29 is 9.13 Å². The second-order valence-electron chi connectivity index (χ2n) is 4.96. The van der Waals surface area contributed by atoms with Crippen molar-refractivity contribution in [2.24, 2.45) is 0 Å². The lowest BCUT2D eigenvalue weighted by atomic mass is 10.1. The van der Waals surface area contributed by atoms with Crippen LogP contribution in [0.15, 0.2) is 18.2 Å². The standard InChI is InChI=1S/C14H21FN2O/c1-17-6-3-4-12(5-7-17)16-13-8-11(15)9-14(10-13)18-2/h8-10,12,16H,3-7H2,1-2H3. The number of nitrogens with zero attached hydrogens (tertiary/aromatic N) is 1. The van der Waals surface area contributed by atoms with E-state index in [0.717, 1.165) is 31.6 Å². The predicted octanol–water partition coefficient (Wildman–Crippen LogP) is 2.73. The number of benzene rings is 1. The molecule has 1 aromatic carbocycles. The molecule has 1 N–H and O–H groups in total. The van der Waals surface area contributed by atoms with Crippen LogP contribution in [0.5, 0.6) is 5.75 Å². The van der Waals surface area contributed by atoms with Crippen LogP contribution >= 0.6 is 0 Å². The highest BCUT2D eigenvalue weighted by molar-refractivity contribution is 5.49. The predicted molar refractivity (Wildman–Crippen MR) is 71.7 cm³/mol. The molecule has 0 bridgehead atoms. The Morgan fingerprint density at radius 2 is 2.11 bits per heavy atom. The zero-order valence-corrected chi connectivity index (χ0v) is 11.1. The van der Waals surface area contributed by atoms with Gasteiger partial charge < -0.3 is 15.0 Å². The third kappa shape index (κ3) is 3.60. The fraction of sp³-hybridized carbons (Fsp3) is 0.571. The summed E-state index contributed by atoms with van der Waals surface area (Å²) in [4.78, 5) is 2.34. The van der Waals surface area contributed by atoms with Crippen LogP contribution in [0.25, 0.3) is 0 Å². The quantitative estimate of drug-likeness (QED) is 0.895. The van der Waals surface area contributed by atoms with Crippen molar-refractivity contribution in [2.45, 2.75) is 25.3 Å². The van der Waals surface area contributed by atoms with E-state index in [4.69, 9.17) is 4.74 Å². The van der Waals surface area contributed by atoms with E-state index in [-0.39, 0.29) is 5.82 Å². The van der Waals surface area contributed by atoms with E-state index in [1.54, 1.807) is 7.11 Å². The molecule has 0 saturated carbocycles. The van der Waals surface area contributed by atoms with Gasteiger partial charge in [-0.3, -0.25) is 0 Å². The van der Waals surface area contributed by atoms with Gasteiger partial charge in [0.25, 0.3) is 0 Å². The van der Waals surface area contributed by atoms with E-state index in [0.29, 0.717) is 11.8 Å². The van der Waals surface area contributed by atoms with Gasteiger partial charge in [0.1, 0.15) is 11.6 Å². The van der Waals surface area contributed by atoms with Gasteiger partial charge in [0.15, 0.2) is 0 Å². The molecule has 1 aromatic rings. The van der Waals surface area contributed by atoms with E-state index in [1.165, 1.54) is 18.6 Å². The average Bonchev–Trinajstić information content (AvgIpc) is 2.54. The molecule has 100 valence electrons. The summed E-state index contributed by atoms with van der Waals surface area (Å²) in [5.74, 6) is 0.297. The Balaban J connectivity index is 2.01. The van der Waals surface area contributed by atoms with Crippen LogP contribution in [0.2, 0.25) is 0 Å². The van der Waals surface area contributed by atoms with Crippen LogP contribution in [-0.2, 0) is 0 Å². The van der Waals surface area contributed by atoms with Gasteiger partial charge in [-0.2, -0.15) is 0 Å². The third-order valence-electron chi connectivity index (χ3n) is 3.43. The van der Waals surface area contributed by atoms with E-state index in [9.17, 15) is 4.39 Å². The first kappa shape index (κ1) is 13.1. The molecule has 0 aromatic heterocycles. The Hall–Kier alpha value is -1.29. The molecule has 2 rings (SSSR count). The first-order chi connectivity index (χ1) is 8.67. The molecule has 0 aliphatic carbocycles. The number of likely N-dealkylation sites (tertiary alicyclic amines) is 1. The number of hydrogen-bond donors (Lipinski definition) is 1. The molecular weight excluding hydrogens is 231 g/mol. The van der Waals surface area contributed by atoms with Gasteiger partial charge in [0, 0.05) is 23.9 Å². The lowest BCUT2D eigenvalue weighted by Crippen LogP contribution is -2.23. The van der Waals surface area contributed by atoms with Gasteiger partial charge in [0.2, 0.25) is 0 Å². The number of nitrogens with one attached hydrogen (secondary N) is 1. The smallest absolute Gasteiger partial charge is 0.128 e. The highest BCUT2D eigenvalue weighted by atomic mass is 19.1. The van der Waals surface area contributed by atoms with Gasteiger partial charge in [0.05, 0.1) is 7.11 Å². The lowest BCUT2D eigenvalue weighted by Gasteiger charge is -2.18. The summed E-state index contributed by atoms with van der Waals surface area (Å²) in [7, 11) is 3.70. The minimum absolute atomic E-state index is 0.261. The van der Waals surface area contributed by atoms with E-state index in [2.05, 4.69) is 17.3 Å². The van der Waals surface area contributed by atoms with Gasteiger partial charge >= 0.3 is 0 Å². The number of hydrogen-bond acceptors (Lipinski definition) is 3. The van der Waals surface area contributed by atoms with E-state index < -0.39 is 0 Å². The summed E-state index contributed by atoms with van der Waals surface area (Å²) in [5, 5.41) is 3.41. The first-order valence-corrected chi connectivity index (χ1v) is 6.47. The molecule has 1 unspecified atom stereocenters. The van der Waals surface area contributed by atoms with Crippen LogP contribution in [0.1, 0.15) is 19.3 Å². The Kier molecular flexibility index (Phi) is 4.42. The minimum Gasteiger partial charge on any atom is -0.497 e. The maximum atomic E-state index is 13.4. The van der Waals surface area contributed by atoms with Crippen LogP contribution in [0.3, 0.4) is 0 Å². The molecule has 4 heteroatoms. The van der Waals surface area contributed by atoms with Crippen molar-refractivity contribution in [1.29, 1.82) is 0 Å². The normalized spacial score (nSPS) is 21.4. The van der Waals surface area contributed by atoms with Gasteiger partial charge in [-0.25, -0.2) is 4.39 Å². The lowest BCUT2D eigenvalue weighted by molar-refractivity contribution is 0.348. The minimum atomic E-state index is -0.261. The summed E-state index contributed by atoms with van der Waals surface area (Å²) in [6.45, 7) is 2.23. The zero-order valence-electron chi connectivity index (χ0n) is 11.1. The van der Waals surface area contributed by atoms with Crippen molar-refractivity contribution in [3.8, 4) is 5.75 Å². The van der Waals surface area contributed by atoms with Crippen LogP contribution in [0, 0.1) is 5.82 Å². The molecule has 1 aliphatic rings. The number of ether oxygens (including phenoxy) is 1. The molecular formula is C14H21FN2O.